The smallest absolute Gasteiger partial charge is 0.193 e. The minimum absolute atomic E-state index is 0. The van der Waals surface area contributed by atoms with Crippen LogP contribution >= 0.6 is 39.9 Å². The summed E-state index contributed by atoms with van der Waals surface area (Å²) in [5.74, 6) is 0.723. The summed E-state index contributed by atoms with van der Waals surface area (Å²) in [5, 5.41) is 2.96. The molecule has 2 aromatic carbocycles. The van der Waals surface area contributed by atoms with Crippen molar-refractivity contribution in [2.24, 2.45) is 10.7 Å². The molecule has 2 rings (SSSR count). The molecule has 0 aliphatic heterocycles. The number of aliphatic imine (C=N–C) groups is 1. The monoisotopic (exact) mass is 479 g/mol. The first kappa shape index (κ1) is 18.7. The largest absolute Gasteiger partial charge is 0.497 e. The summed E-state index contributed by atoms with van der Waals surface area (Å²) < 4.78 is 19.0. The molecule has 0 unspecified atom stereocenters. The number of nitrogens with two attached hydrogens (primary N) is 1. The maximum absolute atomic E-state index is 13.2. The SMILES string of the molecule is COc1ccc(NC(N)=NCc2cc(F)ccc2Br)cc1.I. The van der Waals surface area contributed by atoms with Gasteiger partial charge in [0, 0.05) is 10.2 Å². The van der Waals surface area contributed by atoms with Gasteiger partial charge in [0.1, 0.15) is 11.6 Å². The summed E-state index contributed by atoms with van der Waals surface area (Å²) in [6.45, 7) is 0.285. The third-order valence-electron chi connectivity index (χ3n) is 2.79. The maximum atomic E-state index is 13.2. The molecule has 0 aliphatic rings. The van der Waals surface area contributed by atoms with Gasteiger partial charge in [-0.3, -0.25) is 0 Å². The van der Waals surface area contributed by atoms with E-state index in [1.807, 2.05) is 24.3 Å². The van der Waals surface area contributed by atoms with Crippen LogP contribution in [0.4, 0.5) is 10.1 Å². The van der Waals surface area contributed by atoms with Crippen molar-refractivity contribution in [3.8, 4) is 5.75 Å². The van der Waals surface area contributed by atoms with Crippen molar-refractivity contribution in [1.82, 2.24) is 0 Å². The second-order valence-electron chi connectivity index (χ2n) is 4.29. The third-order valence-corrected chi connectivity index (χ3v) is 3.56. The van der Waals surface area contributed by atoms with E-state index in [9.17, 15) is 4.39 Å². The average molecular weight is 480 g/mol. The van der Waals surface area contributed by atoms with Crippen molar-refractivity contribution < 1.29 is 9.13 Å². The van der Waals surface area contributed by atoms with Crippen LogP contribution in [0.2, 0.25) is 0 Å². The molecule has 0 saturated carbocycles. The van der Waals surface area contributed by atoms with Gasteiger partial charge in [-0.05, 0) is 48.0 Å². The van der Waals surface area contributed by atoms with Crippen LogP contribution in [0.3, 0.4) is 0 Å². The summed E-state index contributed by atoms with van der Waals surface area (Å²) in [6.07, 6.45) is 0. The Kier molecular flexibility index (Phi) is 7.60. The summed E-state index contributed by atoms with van der Waals surface area (Å²) in [5.41, 5.74) is 7.34. The van der Waals surface area contributed by atoms with Gasteiger partial charge in [0.15, 0.2) is 5.96 Å². The highest BCUT2D eigenvalue weighted by Gasteiger charge is 2.02. The van der Waals surface area contributed by atoms with Gasteiger partial charge in [-0.1, -0.05) is 15.9 Å². The van der Waals surface area contributed by atoms with Crippen molar-refractivity contribution in [3.63, 3.8) is 0 Å². The summed E-state index contributed by atoms with van der Waals surface area (Å²) >= 11 is 3.35. The molecule has 7 heteroatoms. The lowest BCUT2D eigenvalue weighted by atomic mass is 10.2. The molecule has 4 nitrogen and oxygen atoms in total. The highest BCUT2D eigenvalue weighted by atomic mass is 127. The van der Waals surface area contributed by atoms with Gasteiger partial charge in [-0.25, -0.2) is 9.38 Å². The molecule has 2 aromatic rings. The summed E-state index contributed by atoms with van der Waals surface area (Å²) in [7, 11) is 1.61. The molecule has 0 fully saturated rings. The van der Waals surface area contributed by atoms with E-state index in [0.717, 1.165) is 21.5 Å². The number of nitrogens with zero attached hydrogens (tertiary/aromatic N) is 1. The molecular weight excluding hydrogens is 464 g/mol. The lowest BCUT2D eigenvalue weighted by Crippen LogP contribution is -2.22. The van der Waals surface area contributed by atoms with E-state index in [1.165, 1.54) is 12.1 Å². The van der Waals surface area contributed by atoms with Crippen LogP contribution in [0.25, 0.3) is 0 Å². The molecule has 0 heterocycles. The fourth-order valence-corrected chi connectivity index (χ4v) is 2.07. The number of anilines is 1. The van der Waals surface area contributed by atoms with Gasteiger partial charge in [-0.15, -0.1) is 24.0 Å². The molecule has 0 aromatic heterocycles. The predicted octanol–water partition coefficient (Wildman–Crippen LogP) is 4.14. The van der Waals surface area contributed by atoms with Crippen molar-refractivity contribution in [2.75, 3.05) is 12.4 Å². The fourth-order valence-electron chi connectivity index (χ4n) is 1.70. The lowest BCUT2D eigenvalue weighted by molar-refractivity contribution is 0.415. The fraction of sp³-hybridized carbons (Fsp3) is 0.133. The van der Waals surface area contributed by atoms with Gasteiger partial charge in [-0.2, -0.15) is 0 Å². The Morgan fingerprint density at radius 2 is 1.95 bits per heavy atom. The van der Waals surface area contributed by atoms with Crippen LogP contribution in [0, 0.1) is 5.82 Å². The zero-order valence-corrected chi connectivity index (χ0v) is 15.8. The van der Waals surface area contributed by atoms with Crippen LogP contribution in [0.15, 0.2) is 51.9 Å². The molecule has 0 saturated heterocycles. The molecule has 0 atom stereocenters. The number of methoxy groups -OCH3 is 1. The molecule has 0 aliphatic carbocycles. The first-order valence-corrected chi connectivity index (χ1v) is 7.02. The molecule has 3 N–H and O–H groups in total. The molecule has 0 bridgehead atoms. The molecular formula is C15H16BrFIN3O. The number of nitrogens with one attached hydrogen (secondary N) is 1. The van der Waals surface area contributed by atoms with E-state index < -0.39 is 0 Å². The number of rotatable bonds is 4. The maximum Gasteiger partial charge on any atom is 0.193 e. The van der Waals surface area contributed by atoms with Gasteiger partial charge in [0.05, 0.1) is 13.7 Å². The average Bonchev–Trinajstić information content (AvgIpc) is 2.49. The van der Waals surface area contributed by atoms with Crippen LogP contribution in [-0.4, -0.2) is 13.1 Å². The number of benzene rings is 2. The van der Waals surface area contributed by atoms with E-state index in [1.54, 1.807) is 13.2 Å². The number of hydrogen-bond donors (Lipinski definition) is 2. The lowest BCUT2D eigenvalue weighted by Gasteiger charge is -2.07. The molecule has 0 radical (unpaired) electrons. The topological polar surface area (TPSA) is 59.6 Å². The Balaban J connectivity index is 0.00000242. The standard InChI is InChI=1S/C15H15BrFN3O.HI/c1-21-13-5-3-12(4-6-13)20-15(18)19-9-10-8-11(17)2-7-14(10)16;/h2-8H,9H2,1H3,(H3,18,19,20);1H. The number of ether oxygens (including phenoxy) is 1. The Bertz CT molecular complexity index is 650. The van der Waals surface area contributed by atoms with Gasteiger partial charge in [0.2, 0.25) is 0 Å². The molecule has 0 spiro atoms. The predicted molar refractivity (Wildman–Crippen MR) is 101 cm³/mol. The van der Waals surface area contributed by atoms with E-state index in [0.29, 0.717) is 0 Å². The number of hydrogen-bond acceptors (Lipinski definition) is 2. The Morgan fingerprint density at radius 3 is 2.59 bits per heavy atom. The second-order valence-corrected chi connectivity index (χ2v) is 5.15. The van der Waals surface area contributed by atoms with Gasteiger partial charge >= 0.3 is 0 Å². The first-order chi connectivity index (χ1) is 10.1. The zero-order chi connectivity index (χ0) is 15.2. The Hall–Kier alpha value is -1.35. The molecule has 0 amide bonds. The van der Waals surface area contributed by atoms with Crippen LogP contribution < -0.4 is 15.8 Å². The second kappa shape index (κ2) is 8.94. The van der Waals surface area contributed by atoms with Gasteiger partial charge < -0.3 is 15.8 Å². The Morgan fingerprint density at radius 1 is 1.27 bits per heavy atom. The van der Waals surface area contributed by atoms with E-state index >= 15 is 0 Å². The molecule has 118 valence electrons. The summed E-state index contributed by atoms with van der Waals surface area (Å²) in [6, 6.07) is 11.8. The zero-order valence-electron chi connectivity index (χ0n) is 11.8. The number of halogens is 3. The highest BCUT2D eigenvalue weighted by Crippen LogP contribution is 2.19. The van der Waals surface area contributed by atoms with Crippen LogP contribution in [-0.2, 0) is 6.54 Å². The minimum atomic E-state index is -0.301. The Labute approximate surface area is 154 Å². The van der Waals surface area contributed by atoms with E-state index in [-0.39, 0.29) is 42.3 Å². The van der Waals surface area contributed by atoms with Crippen molar-refractivity contribution >= 4 is 51.6 Å². The molecule has 22 heavy (non-hydrogen) atoms. The number of guanidine groups is 1. The van der Waals surface area contributed by atoms with Crippen molar-refractivity contribution in [3.05, 3.63) is 58.3 Å². The van der Waals surface area contributed by atoms with E-state index in [2.05, 4.69) is 26.2 Å². The van der Waals surface area contributed by atoms with Crippen LogP contribution in [0.5, 0.6) is 5.75 Å². The van der Waals surface area contributed by atoms with E-state index in [4.69, 9.17) is 10.5 Å². The van der Waals surface area contributed by atoms with Crippen molar-refractivity contribution in [2.45, 2.75) is 6.54 Å². The minimum Gasteiger partial charge on any atom is -0.497 e. The van der Waals surface area contributed by atoms with Crippen molar-refractivity contribution in [1.29, 1.82) is 0 Å². The first-order valence-electron chi connectivity index (χ1n) is 6.23. The quantitative estimate of drug-likeness (QED) is 0.393. The van der Waals surface area contributed by atoms with Gasteiger partial charge in [0.25, 0.3) is 0 Å². The summed E-state index contributed by atoms with van der Waals surface area (Å²) in [4.78, 5) is 4.19. The van der Waals surface area contributed by atoms with Crippen LogP contribution in [0.1, 0.15) is 5.56 Å². The third kappa shape index (κ3) is 5.45. The highest BCUT2D eigenvalue weighted by molar-refractivity contribution is 14.0. The normalized spacial score (nSPS) is 10.8.